The third kappa shape index (κ3) is 3.04. The molecular weight excluding hydrogens is 364 g/mol. The summed E-state index contributed by atoms with van der Waals surface area (Å²) in [6.07, 6.45) is 0. The van der Waals surface area contributed by atoms with E-state index in [1.807, 2.05) is 30.3 Å². The van der Waals surface area contributed by atoms with Crippen LogP contribution < -0.4 is 19.5 Å². The number of ketones is 1. The molecule has 1 aliphatic heterocycles. The van der Waals surface area contributed by atoms with Gasteiger partial charge in [0, 0.05) is 6.07 Å². The lowest BCUT2D eigenvalue weighted by Gasteiger charge is -2.43. The number of hydrogen-bond donors (Lipinski definition) is 0. The van der Waals surface area contributed by atoms with Crippen LogP contribution in [0.5, 0.6) is 11.5 Å². The minimum Gasteiger partial charge on any atom is -0.534 e. The van der Waals surface area contributed by atoms with Crippen LogP contribution in [-0.2, 0) is 0 Å². The molecule has 0 atom stereocenters. The van der Waals surface area contributed by atoms with E-state index in [0.717, 1.165) is 5.75 Å². The summed E-state index contributed by atoms with van der Waals surface area (Å²) >= 11 is 0. The molecule has 0 aromatic heterocycles. The predicted molar refractivity (Wildman–Crippen MR) is 115 cm³/mol. The van der Waals surface area contributed by atoms with Crippen LogP contribution in [0.2, 0.25) is 5.04 Å². The molecule has 3 aromatic carbocycles. The Balaban J connectivity index is 1.90. The van der Waals surface area contributed by atoms with Gasteiger partial charge in [0.25, 0.3) is 0 Å². The fourth-order valence-electron chi connectivity index (χ4n) is 3.96. The van der Waals surface area contributed by atoms with Gasteiger partial charge in [-0.2, -0.15) is 0 Å². The largest absolute Gasteiger partial charge is 0.534 e. The quantitative estimate of drug-likeness (QED) is 0.629. The number of hydrogen-bond acceptors (Lipinski definition) is 3. The van der Waals surface area contributed by atoms with Gasteiger partial charge < -0.3 is 9.16 Å². The van der Waals surface area contributed by atoms with Crippen molar-refractivity contribution >= 4 is 24.5 Å². The molecule has 4 rings (SSSR count). The van der Waals surface area contributed by atoms with Crippen LogP contribution >= 0.6 is 0 Å². The van der Waals surface area contributed by atoms with Crippen molar-refractivity contribution in [2.75, 3.05) is 6.61 Å². The first kappa shape index (κ1) is 18.5. The molecule has 3 nitrogen and oxygen atoms in total. The van der Waals surface area contributed by atoms with Gasteiger partial charge in [-0.15, -0.1) is 0 Å². The number of fused-ring (bicyclic) bond motifs is 1. The van der Waals surface area contributed by atoms with Crippen molar-refractivity contribution in [1.29, 1.82) is 0 Å². The maximum atomic E-state index is 11.9. The van der Waals surface area contributed by atoms with Crippen LogP contribution in [0.3, 0.4) is 0 Å². The molecule has 0 N–H and O–H groups in total. The van der Waals surface area contributed by atoms with Crippen LogP contribution in [0.25, 0.3) is 0 Å². The van der Waals surface area contributed by atoms with Crippen LogP contribution in [0.4, 0.5) is 0 Å². The molecule has 0 spiro atoms. The zero-order valence-corrected chi connectivity index (χ0v) is 17.4. The Labute approximate surface area is 167 Å². The first-order valence-electron chi connectivity index (χ1n) is 9.52. The second kappa shape index (κ2) is 6.95. The van der Waals surface area contributed by atoms with E-state index in [4.69, 9.17) is 9.16 Å². The minimum absolute atomic E-state index is 0.0204. The monoisotopic (exact) mass is 388 g/mol. The average Bonchev–Trinajstić information content (AvgIpc) is 3.07. The number of benzene rings is 3. The summed E-state index contributed by atoms with van der Waals surface area (Å²) in [6, 6.07) is 26.6. The molecule has 0 fully saturated rings. The van der Waals surface area contributed by atoms with Gasteiger partial charge in [-0.3, -0.25) is 4.79 Å². The Kier molecular flexibility index (Phi) is 4.59. The predicted octanol–water partition coefficient (Wildman–Crippen LogP) is 4.20. The molecule has 28 heavy (non-hydrogen) atoms. The van der Waals surface area contributed by atoms with Crippen molar-refractivity contribution in [3.63, 3.8) is 0 Å². The maximum Gasteiger partial charge on any atom is 0.319 e. The summed E-state index contributed by atoms with van der Waals surface area (Å²) in [6.45, 7) is 6.84. The minimum atomic E-state index is -2.68. The standard InChI is InChI=1S/C24H24O3Si/c1-24(2,3)28(19-10-6-4-7-11-19,20-12-8-5-9-13-20)27-18-14-15-21-22(25)17-26-23(21)16-18/h4-16H,17H2,1-3H3. The summed E-state index contributed by atoms with van der Waals surface area (Å²) in [7, 11) is -2.68. The van der Waals surface area contributed by atoms with Crippen LogP contribution in [0.15, 0.2) is 78.9 Å². The lowest BCUT2D eigenvalue weighted by atomic mass is 10.1. The van der Waals surface area contributed by atoms with Crippen molar-refractivity contribution in [2.45, 2.75) is 25.8 Å². The second-order valence-electron chi connectivity index (χ2n) is 8.14. The van der Waals surface area contributed by atoms with Crippen molar-refractivity contribution in [1.82, 2.24) is 0 Å². The molecule has 3 aromatic rings. The summed E-state index contributed by atoms with van der Waals surface area (Å²) in [5.41, 5.74) is 0.634. The molecule has 1 heterocycles. The van der Waals surface area contributed by atoms with Gasteiger partial charge in [-0.05, 0) is 27.5 Å². The van der Waals surface area contributed by atoms with E-state index in [1.165, 1.54) is 10.4 Å². The highest BCUT2D eigenvalue weighted by Gasteiger charge is 2.52. The smallest absolute Gasteiger partial charge is 0.319 e. The summed E-state index contributed by atoms with van der Waals surface area (Å²) in [4.78, 5) is 11.9. The van der Waals surface area contributed by atoms with E-state index in [-0.39, 0.29) is 17.4 Å². The van der Waals surface area contributed by atoms with Crippen molar-refractivity contribution in [3.8, 4) is 11.5 Å². The Hall–Kier alpha value is -2.85. The molecule has 1 aliphatic rings. The molecule has 0 radical (unpaired) electrons. The van der Waals surface area contributed by atoms with Gasteiger partial charge in [0.1, 0.15) is 11.5 Å². The molecular formula is C24H24O3Si. The van der Waals surface area contributed by atoms with Crippen molar-refractivity contribution < 1.29 is 14.0 Å². The number of Topliss-reactive ketones (excluding diaryl/α,β-unsaturated/α-hetero) is 1. The molecule has 4 heteroatoms. The highest BCUT2D eigenvalue weighted by molar-refractivity contribution is 7.00. The lowest BCUT2D eigenvalue weighted by Crippen LogP contribution is -2.68. The lowest BCUT2D eigenvalue weighted by molar-refractivity contribution is 0.0961. The zero-order chi connectivity index (χ0) is 19.8. The average molecular weight is 389 g/mol. The van der Waals surface area contributed by atoms with Crippen LogP contribution in [-0.4, -0.2) is 20.7 Å². The first-order chi connectivity index (χ1) is 13.4. The van der Waals surface area contributed by atoms with Gasteiger partial charge in [0.05, 0.1) is 5.56 Å². The van der Waals surface area contributed by atoms with E-state index in [1.54, 1.807) is 0 Å². The SMILES string of the molecule is CC(C)(C)[Si](Oc1ccc2c(c1)OCC2=O)(c1ccccc1)c1ccccc1. The number of rotatable bonds is 4. The van der Waals surface area contributed by atoms with E-state index >= 15 is 0 Å². The molecule has 142 valence electrons. The van der Waals surface area contributed by atoms with Gasteiger partial charge in [0.15, 0.2) is 6.61 Å². The molecule has 0 saturated heterocycles. The maximum absolute atomic E-state index is 11.9. The van der Waals surface area contributed by atoms with Gasteiger partial charge in [-0.1, -0.05) is 81.4 Å². The third-order valence-corrected chi connectivity index (χ3v) is 10.2. The Morgan fingerprint density at radius 3 is 1.96 bits per heavy atom. The van der Waals surface area contributed by atoms with Crippen LogP contribution in [0, 0.1) is 0 Å². The normalized spacial score (nSPS) is 13.8. The number of carbonyl (C=O) groups is 1. The van der Waals surface area contributed by atoms with E-state index in [2.05, 4.69) is 69.3 Å². The molecule has 0 amide bonds. The molecule has 0 unspecified atom stereocenters. The fourth-order valence-corrected chi connectivity index (χ4v) is 8.37. The summed E-state index contributed by atoms with van der Waals surface area (Å²) in [5.74, 6) is 1.37. The van der Waals surface area contributed by atoms with E-state index in [9.17, 15) is 4.79 Å². The molecule has 0 aliphatic carbocycles. The molecule has 0 saturated carbocycles. The summed E-state index contributed by atoms with van der Waals surface area (Å²) in [5, 5.41) is 2.31. The van der Waals surface area contributed by atoms with E-state index in [0.29, 0.717) is 11.3 Å². The fraction of sp³-hybridized carbons (Fsp3) is 0.208. The molecule has 0 bridgehead atoms. The summed E-state index contributed by atoms with van der Waals surface area (Å²) < 4.78 is 12.5. The van der Waals surface area contributed by atoms with E-state index < -0.39 is 8.32 Å². The first-order valence-corrected chi connectivity index (χ1v) is 11.4. The number of ether oxygens (including phenoxy) is 1. The third-order valence-electron chi connectivity index (χ3n) is 5.30. The van der Waals surface area contributed by atoms with Gasteiger partial charge >= 0.3 is 8.32 Å². The Morgan fingerprint density at radius 1 is 0.857 bits per heavy atom. The highest BCUT2D eigenvalue weighted by Crippen LogP contribution is 2.39. The van der Waals surface area contributed by atoms with Gasteiger partial charge in [-0.25, -0.2) is 0 Å². The van der Waals surface area contributed by atoms with Crippen molar-refractivity contribution in [2.24, 2.45) is 0 Å². The topological polar surface area (TPSA) is 35.5 Å². The second-order valence-corrected chi connectivity index (χ2v) is 12.4. The van der Waals surface area contributed by atoms with Crippen molar-refractivity contribution in [3.05, 3.63) is 84.4 Å². The zero-order valence-electron chi connectivity index (χ0n) is 16.4. The Morgan fingerprint density at radius 2 is 1.43 bits per heavy atom. The van der Waals surface area contributed by atoms with Crippen LogP contribution in [0.1, 0.15) is 31.1 Å². The highest BCUT2D eigenvalue weighted by atomic mass is 28.4. The number of carbonyl (C=O) groups excluding carboxylic acids is 1. The Bertz CT molecular complexity index is 952. The van der Waals surface area contributed by atoms with Gasteiger partial charge in [0.2, 0.25) is 5.78 Å².